The van der Waals surface area contributed by atoms with Gasteiger partial charge in [-0.1, -0.05) is 49.8 Å². The van der Waals surface area contributed by atoms with Crippen LogP contribution in [0.25, 0.3) is 4.91 Å². The fraction of sp³-hybridized carbons (Fsp3) is 0.385. The van der Waals surface area contributed by atoms with Crippen molar-refractivity contribution in [3.63, 3.8) is 0 Å². The molecule has 1 heteroatoms. The molecule has 1 aliphatic rings. The van der Waals surface area contributed by atoms with Gasteiger partial charge in [0.05, 0.1) is 0 Å². The number of rotatable bonds is 1. The highest BCUT2D eigenvalue weighted by atomic mass is 32.2. The fourth-order valence-corrected chi connectivity index (χ4v) is 2.86. The summed E-state index contributed by atoms with van der Waals surface area (Å²) in [6, 6.07) is 8.81. The third kappa shape index (κ3) is 1.88. The molecule has 1 unspecified atom stereocenters. The van der Waals surface area contributed by atoms with E-state index in [1.165, 1.54) is 16.0 Å². The summed E-state index contributed by atoms with van der Waals surface area (Å²) in [6.45, 7) is 6.72. The Morgan fingerprint density at radius 2 is 1.71 bits per heavy atom. The molecule has 0 N–H and O–H groups in total. The molecule has 1 heterocycles. The zero-order valence-corrected chi connectivity index (χ0v) is 9.77. The lowest BCUT2D eigenvalue weighted by atomic mass is 10.1. The summed E-state index contributed by atoms with van der Waals surface area (Å²) in [5.41, 5.74) is 2.70. The van der Waals surface area contributed by atoms with Crippen molar-refractivity contribution in [3.05, 3.63) is 41.5 Å². The number of hydrogen-bond donors (Lipinski definition) is 0. The Kier molecular flexibility index (Phi) is 2.69. The van der Waals surface area contributed by atoms with Crippen molar-refractivity contribution >= 4 is 16.7 Å². The van der Waals surface area contributed by atoms with Gasteiger partial charge in [0, 0.05) is 10.2 Å². The Morgan fingerprint density at radius 3 is 2.21 bits per heavy atom. The van der Waals surface area contributed by atoms with Crippen molar-refractivity contribution in [1.29, 1.82) is 0 Å². The van der Waals surface area contributed by atoms with E-state index >= 15 is 0 Å². The molecule has 0 aliphatic carbocycles. The molecule has 1 aliphatic heterocycles. The molecular weight excluding hydrogens is 188 g/mol. The van der Waals surface area contributed by atoms with E-state index in [1.54, 1.807) is 0 Å². The predicted octanol–water partition coefficient (Wildman–Crippen LogP) is 4.11. The van der Waals surface area contributed by atoms with Crippen LogP contribution in [0.1, 0.15) is 25.0 Å². The summed E-state index contributed by atoms with van der Waals surface area (Å²) >= 11 is 1.99. The first-order chi connectivity index (χ1) is 6.66. The van der Waals surface area contributed by atoms with Gasteiger partial charge < -0.3 is 0 Å². The summed E-state index contributed by atoms with van der Waals surface area (Å²) in [5.74, 6) is 0.705. The van der Waals surface area contributed by atoms with Crippen molar-refractivity contribution in [2.75, 3.05) is 0 Å². The Labute approximate surface area is 90.4 Å². The van der Waals surface area contributed by atoms with E-state index in [-0.39, 0.29) is 0 Å². The Balaban J connectivity index is 2.25. The van der Waals surface area contributed by atoms with E-state index in [1.807, 2.05) is 11.8 Å². The van der Waals surface area contributed by atoms with E-state index in [9.17, 15) is 0 Å². The second-order valence-corrected chi connectivity index (χ2v) is 5.50. The fourth-order valence-electron chi connectivity index (χ4n) is 1.60. The van der Waals surface area contributed by atoms with Gasteiger partial charge >= 0.3 is 0 Å². The third-order valence-corrected chi connectivity index (χ3v) is 4.23. The monoisotopic (exact) mass is 204 g/mol. The van der Waals surface area contributed by atoms with E-state index in [0.717, 1.165) is 5.25 Å². The Hall–Kier alpha value is -0.690. The van der Waals surface area contributed by atoms with E-state index < -0.39 is 0 Å². The van der Waals surface area contributed by atoms with Crippen LogP contribution in [-0.2, 0) is 0 Å². The average molecular weight is 204 g/mol. The summed E-state index contributed by atoms with van der Waals surface area (Å²) in [5, 5.41) is 0.728. The van der Waals surface area contributed by atoms with E-state index in [4.69, 9.17) is 0 Å². The van der Waals surface area contributed by atoms with Gasteiger partial charge in [-0.3, -0.25) is 0 Å². The van der Waals surface area contributed by atoms with E-state index in [2.05, 4.69) is 51.1 Å². The molecule has 0 radical (unpaired) electrons. The van der Waals surface area contributed by atoms with Crippen LogP contribution in [0.15, 0.2) is 30.3 Å². The Bertz CT molecular complexity index is 348. The van der Waals surface area contributed by atoms with Gasteiger partial charge in [0.15, 0.2) is 0 Å². The van der Waals surface area contributed by atoms with Gasteiger partial charge in [0.25, 0.3) is 0 Å². The van der Waals surface area contributed by atoms with Gasteiger partial charge in [-0.2, -0.15) is 0 Å². The highest BCUT2D eigenvalue weighted by Gasteiger charge is 2.21. The molecule has 0 saturated heterocycles. The first-order valence-corrected chi connectivity index (χ1v) is 6.00. The van der Waals surface area contributed by atoms with Crippen LogP contribution in [0, 0.1) is 12.8 Å². The second kappa shape index (κ2) is 3.82. The first-order valence-electron chi connectivity index (χ1n) is 5.12. The standard InChI is InChI=1S/C13H16S/c1-9-4-6-12(7-5-9)13-8-10(2)11(3)14-13/h4-8,10-11H,1-3H3/t10-,11?/m0/s1. The molecule has 0 aromatic heterocycles. The molecule has 0 nitrogen and oxygen atoms in total. The molecule has 0 fully saturated rings. The number of benzene rings is 1. The molecule has 2 atom stereocenters. The molecule has 0 spiro atoms. The van der Waals surface area contributed by atoms with Crippen molar-refractivity contribution in [3.8, 4) is 0 Å². The number of hydrogen-bond acceptors (Lipinski definition) is 1. The Morgan fingerprint density at radius 1 is 1.07 bits per heavy atom. The maximum atomic E-state index is 2.39. The molecule has 74 valence electrons. The predicted molar refractivity (Wildman–Crippen MR) is 65.4 cm³/mol. The smallest absolute Gasteiger partial charge is 0.0127 e. The van der Waals surface area contributed by atoms with Gasteiger partial charge in [-0.25, -0.2) is 0 Å². The molecule has 1 aromatic rings. The summed E-state index contributed by atoms with van der Waals surface area (Å²) in [7, 11) is 0. The van der Waals surface area contributed by atoms with Crippen LogP contribution < -0.4 is 0 Å². The van der Waals surface area contributed by atoms with Crippen molar-refractivity contribution < 1.29 is 0 Å². The largest absolute Gasteiger partial charge is 0.122 e. The molecule has 1 aromatic carbocycles. The van der Waals surface area contributed by atoms with Crippen molar-refractivity contribution in [2.24, 2.45) is 5.92 Å². The minimum atomic E-state index is 0.705. The SMILES string of the molecule is Cc1ccc(C2=C[C@H](C)C(C)S2)cc1. The molecule has 14 heavy (non-hydrogen) atoms. The lowest BCUT2D eigenvalue weighted by Gasteiger charge is -2.06. The van der Waals surface area contributed by atoms with Gasteiger partial charge in [-0.15, -0.1) is 11.8 Å². The third-order valence-electron chi connectivity index (χ3n) is 2.80. The summed E-state index contributed by atoms with van der Waals surface area (Å²) in [4.78, 5) is 1.45. The van der Waals surface area contributed by atoms with Crippen LogP contribution >= 0.6 is 11.8 Å². The molecule has 0 bridgehead atoms. The molecule has 0 amide bonds. The van der Waals surface area contributed by atoms with E-state index in [0.29, 0.717) is 5.92 Å². The zero-order valence-electron chi connectivity index (χ0n) is 8.95. The lowest BCUT2D eigenvalue weighted by molar-refractivity contribution is 0.730. The van der Waals surface area contributed by atoms with Crippen molar-refractivity contribution in [2.45, 2.75) is 26.0 Å². The van der Waals surface area contributed by atoms with Crippen LogP contribution in [0.3, 0.4) is 0 Å². The number of aryl methyl sites for hydroxylation is 1. The lowest BCUT2D eigenvalue weighted by Crippen LogP contribution is -2.00. The van der Waals surface area contributed by atoms with Gasteiger partial charge in [0.1, 0.15) is 0 Å². The van der Waals surface area contributed by atoms with Crippen LogP contribution in [0.5, 0.6) is 0 Å². The number of allylic oxidation sites excluding steroid dienone is 1. The maximum Gasteiger partial charge on any atom is 0.0127 e. The first kappa shape index (κ1) is 9.85. The highest BCUT2D eigenvalue weighted by Crippen LogP contribution is 2.41. The van der Waals surface area contributed by atoms with Gasteiger partial charge in [-0.05, 0) is 18.4 Å². The quantitative estimate of drug-likeness (QED) is 0.663. The number of thioether (sulfide) groups is 1. The zero-order chi connectivity index (χ0) is 10.1. The topological polar surface area (TPSA) is 0 Å². The summed E-state index contributed by atoms with van der Waals surface area (Å²) < 4.78 is 0. The normalized spacial score (nSPS) is 26.4. The average Bonchev–Trinajstić information content (AvgIpc) is 2.48. The maximum absolute atomic E-state index is 2.39. The minimum absolute atomic E-state index is 0.705. The van der Waals surface area contributed by atoms with Crippen molar-refractivity contribution in [1.82, 2.24) is 0 Å². The second-order valence-electron chi connectivity index (χ2n) is 4.08. The van der Waals surface area contributed by atoms with Crippen LogP contribution in [0.4, 0.5) is 0 Å². The molecule has 2 rings (SSSR count). The van der Waals surface area contributed by atoms with Gasteiger partial charge in [0.2, 0.25) is 0 Å². The molecular formula is C13H16S. The highest BCUT2D eigenvalue weighted by molar-refractivity contribution is 8.09. The van der Waals surface area contributed by atoms with Crippen LogP contribution in [0.2, 0.25) is 0 Å². The molecule has 0 saturated carbocycles. The van der Waals surface area contributed by atoms with Crippen LogP contribution in [-0.4, -0.2) is 5.25 Å². The minimum Gasteiger partial charge on any atom is -0.122 e. The summed E-state index contributed by atoms with van der Waals surface area (Å²) in [6.07, 6.45) is 2.39.